The van der Waals surface area contributed by atoms with Crippen molar-refractivity contribution in [3.8, 4) is 0 Å². The molecule has 0 spiro atoms. The molecule has 8 nitrogen and oxygen atoms in total. The number of benzene rings is 1. The number of aromatic amines is 1. The summed E-state index contributed by atoms with van der Waals surface area (Å²) < 4.78 is 5.34. The highest BCUT2D eigenvalue weighted by Crippen LogP contribution is 2.10. The normalized spacial score (nSPS) is 10.7. The predicted molar refractivity (Wildman–Crippen MR) is 109 cm³/mol. The summed E-state index contributed by atoms with van der Waals surface area (Å²) in [6, 6.07) is 12.8. The second-order valence-electron chi connectivity index (χ2n) is 6.67. The smallest absolute Gasteiger partial charge is 0.349 e. The van der Waals surface area contributed by atoms with Gasteiger partial charge in [-0.05, 0) is 30.5 Å². The molecular formula is C21H22N4O4. The monoisotopic (exact) mass is 394 g/mol. The average molecular weight is 394 g/mol. The molecule has 0 aliphatic rings. The van der Waals surface area contributed by atoms with Crippen molar-refractivity contribution >= 4 is 11.7 Å². The Hall–Kier alpha value is -3.68. The fourth-order valence-electron chi connectivity index (χ4n) is 3.01. The number of anilines is 1. The van der Waals surface area contributed by atoms with Crippen LogP contribution in [0.3, 0.4) is 0 Å². The second-order valence-corrected chi connectivity index (χ2v) is 6.67. The summed E-state index contributed by atoms with van der Waals surface area (Å²) in [5.41, 5.74) is 6.17. The van der Waals surface area contributed by atoms with Crippen LogP contribution in [-0.2, 0) is 19.3 Å². The van der Waals surface area contributed by atoms with E-state index < -0.39 is 11.5 Å². The fourth-order valence-corrected chi connectivity index (χ4v) is 3.01. The van der Waals surface area contributed by atoms with Gasteiger partial charge in [-0.3, -0.25) is 9.59 Å². The first-order valence-corrected chi connectivity index (χ1v) is 9.24. The number of carbonyl (C=O) groups excluding carboxylic acids is 1. The topological polar surface area (TPSA) is 131 Å². The van der Waals surface area contributed by atoms with Gasteiger partial charge in [-0.2, -0.15) is 0 Å². The summed E-state index contributed by atoms with van der Waals surface area (Å²) >= 11 is 0. The lowest BCUT2D eigenvalue weighted by Gasteiger charge is -2.08. The lowest BCUT2D eigenvalue weighted by atomic mass is 10.1. The molecule has 0 unspecified atom stereocenters. The van der Waals surface area contributed by atoms with Crippen LogP contribution in [0.4, 0.5) is 5.82 Å². The van der Waals surface area contributed by atoms with Crippen LogP contribution < -0.4 is 22.2 Å². The Balaban J connectivity index is 1.62. The highest BCUT2D eigenvalue weighted by Gasteiger charge is 2.16. The van der Waals surface area contributed by atoms with E-state index in [4.69, 9.17) is 10.2 Å². The number of hydrogen-bond acceptors (Lipinski definition) is 6. The summed E-state index contributed by atoms with van der Waals surface area (Å²) in [6.45, 7) is 1.88. The van der Waals surface area contributed by atoms with Crippen molar-refractivity contribution in [2.75, 3.05) is 12.3 Å². The predicted octanol–water partition coefficient (Wildman–Crippen LogP) is 1.37. The van der Waals surface area contributed by atoms with Crippen molar-refractivity contribution in [2.24, 2.45) is 0 Å². The molecule has 0 saturated heterocycles. The van der Waals surface area contributed by atoms with Gasteiger partial charge in [-0.25, -0.2) is 9.78 Å². The standard InChI is InChI=1S/C21H22N4O4/c1-13-11-15(8-7-14-5-3-2-4-6-14)29-21(28)19(13)20(27)23-10-9-17-24-16(22)12-18(26)25-17/h2-6,11-12H,7-10H2,1H3,(H,23,27)(H3,22,24,25,26). The van der Waals surface area contributed by atoms with Gasteiger partial charge in [0.2, 0.25) is 0 Å². The van der Waals surface area contributed by atoms with E-state index in [2.05, 4.69) is 15.3 Å². The molecule has 0 aliphatic carbocycles. The molecule has 0 fully saturated rings. The fraction of sp³-hybridized carbons (Fsp3) is 0.238. The SMILES string of the molecule is Cc1cc(CCc2ccccc2)oc(=O)c1C(=O)NCCc1nc(N)cc(=O)[nH]1. The summed E-state index contributed by atoms with van der Waals surface area (Å²) in [5, 5.41) is 2.64. The molecule has 8 heteroatoms. The zero-order valence-electron chi connectivity index (χ0n) is 16.0. The first kappa shape index (κ1) is 20.1. The third kappa shape index (κ3) is 5.41. The van der Waals surface area contributed by atoms with E-state index in [1.54, 1.807) is 13.0 Å². The van der Waals surface area contributed by atoms with Crippen LogP contribution in [0.5, 0.6) is 0 Å². The zero-order valence-corrected chi connectivity index (χ0v) is 16.0. The van der Waals surface area contributed by atoms with Crippen LogP contribution in [0.2, 0.25) is 0 Å². The molecule has 3 aromatic rings. The Bertz CT molecular complexity index is 1120. The van der Waals surface area contributed by atoms with Crippen LogP contribution in [0.1, 0.15) is 33.1 Å². The van der Waals surface area contributed by atoms with Crippen molar-refractivity contribution < 1.29 is 9.21 Å². The number of nitrogens with one attached hydrogen (secondary N) is 2. The Morgan fingerprint density at radius 3 is 2.59 bits per heavy atom. The van der Waals surface area contributed by atoms with E-state index in [1.165, 1.54) is 6.07 Å². The number of carbonyl (C=O) groups is 1. The first-order chi connectivity index (χ1) is 13.9. The van der Waals surface area contributed by atoms with Gasteiger partial charge >= 0.3 is 5.63 Å². The maximum absolute atomic E-state index is 12.4. The highest BCUT2D eigenvalue weighted by atomic mass is 16.4. The van der Waals surface area contributed by atoms with E-state index in [1.807, 2.05) is 30.3 Å². The minimum absolute atomic E-state index is 0.0255. The van der Waals surface area contributed by atoms with Crippen LogP contribution in [0.15, 0.2) is 56.5 Å². The molecule has 3 rings (SSSR count). The van der Waals surface area contributed by atoms with E-state index in [0.717, 1.165) is 12.0 Å². The summed E-state index contributed by atoms with van der Waals surface area (Å²) in [4.78, 5) is 42.7. The summed E-state index contributed by atoms with van der Waals surface area (Å²) in [6.07, 6.45) is 1.57. The number of aromatic nitrogens is 2. The third-order valence-electron chi connectivity index (χ3n) is 4.39. The molecule has 0 atom stereocenters. The lowest BCUT2D eigenvalue weighted by Crippen LogP contribution is -2.31. The number of rotatable bonds is 7. The number of aryl methyl sites for hydroxylation is 3. The second kappa shape index (κ2) is 9.01. The zero-order chi connectivity index (χ0) is 20.8. The highest BCUT2D eigenvalue weighted by molar-refractivity contribution is 5.95. The van der Waals surface area contributed by atoms with Gasteiger partial charge in [-0.1, -0.05) is 30.3 Å². The van der Waals surface area contributed by atoms with Gasteiger partial charge in [0.05, 0.1) is 0 Å². The Kier molecular flexibility index (Phi) is 6.23. The van der Waals surface area contributed by atoms with Gasteiger partial charge in [0.25, 0.3) is 11.5 Å². The number of nitrogens with zero attached hydrogens (tertiary/aromatic N) is 1. The summed E-state index contributed by atoms with van der Waals surface area (Å²) in [7, 11) is 0. The van der Waals surface area contributed by atoms with E-state index in [0.29, 0.717) is 23.6 Å². The van der Waals surface area contributed by atoms with Gasteiger partial charge in [0, 0.05) is 25.5 Å². The van der Waals surface area contributed by atoms with Gasteiger partial charge in [-0.15, -0.1) is 0 Å². The Morgan fingerprint density at radius 1 is 1.14 bits per heavy atom. The number of hydrogen-bond donors (Lipinski definition) is 3. The number of nitrogen functional groups attached to an aromatic ring is 1. The van der Waals surface area contributed by atoms with Crippen molar-refractivity contribution in [2.45, 2.75) is 26.2 Å². The van der Waals surface area contributed by atoms with Crippen molar-refractivity contribution in [1.29, 1.82) is 0 Å². The molecule has 0 radical (unpaired) electrons. The number of H-pyrrole nitrogens is 1. The molecule has 150 valence electrons. The average Bonchev–Trinajstić information content (AvgIpc) is 2.66. The molecule has 0 bridgehead atoms. The minimum atomic E-state index is -0.666. The van der Waals surface area contributed by atoms with Crippen LogP contribution in [0.25, 0.3) is 0 Å². The van der Waals surface area contributed by atoms with E-state index in [9.17, 15) is 14.4 Å². The Labute approximate surface area is 166 Å². The molecule has 0 saturated carbocycles. The third-order valence-corrected chi connectivity index (χ3v) is 4.39. The molecule has 1 amide bonds. The molecule has 1 aromatic carbocycles. The molecule has 2 heterocycles. The van der Waals surface area contributed by atoms with Crippen LogP contribution in [-0.4, -0.2) is 22.4 Å². The van der Waals surface area contributed by atoms with E-state index in [-0.39, 0.29) is 29.9 Å². The number of amides is 1. The van der Waals surface area contributed by atoms with Crippen molar-refractivity contribution in [1.82, 2.24) is 15.3 Å². The maximum atomic E-state index is 12.4. The first-order valence-electron chi connectivity index (χ1n) is 9.24. The molecule has 4 N–H and O–H groups in total. The van der Waals surface area contributed by atoms with Crippen molar-refractivity contribution in [3.63, 3.8) is 0 Å². The van der Waals surface area contributed by atoms with Crippen molar-refractivity contribution in [3.05, 3.63) is 91.5 Å². The largest absolute Gasteiger partial charge is 0.427 e. The van der Waals surface area contributed by atoms with E-state index >= 15 is 0 Å². The minimum Gasteiger partial charge on any atom is -0.427 e. The molecule has 29 heavy (non-hydrogen) atoms. The molecule has 0 aliphatic heterocycles. The maximum Gasteiger partial charge on any atom is 0.349 e. The van der Waals surface area contributed by atoms with Gasteiger partial charge in [0.15, 0.2) is 0 Å². The Morgan fingerprint density at radius 2 is 1.90 bits per heavy atom. The molecule has 2 aromatic heterocycles. The van der Waals surface area contributed by atoms with Crippen LogP contribution >= 0.6 is 0 Å². The van der Waals surface area contributed by atoms with Gasteiger partial charge < -0.3 is 20.5 Å². The van der Waals surface area contributed by atoms with Crippen LogP contribution in [0, 0.1) is 6.92 Å². The number of nitrogens with two attached hydrogens (primary N) is 1. The quantitative estimate of drug-likeness (QED) is 0.555. The lowest BCUT2D eigenvalue weighted by molar-refractivity contribution is 0.0949. The van der Waals surface area contributed by atoms with Gasteiger partial charge in [0.1, 0.15) is 23.0 Å². The molecular weight excluding hydrogens is 372 g/mol. The summed E-state index contributed by atoms with van der Waals surface area (Å²) in [5.74, 6) is 0.472.